The Kier molecular flexibility index (Phi) is 7.11. The van der Waals surface area contributed by atoms with Gasteiger partial charge >= 0.3 is 0 Å². The number of benzene rings is 1. The standard InChI is InChI=1S/C19H28N2O/c1-6-8-21(9-7-2)18(22)12-17(13-20)19-15(4)10-14(3)11-16(19)5/h10-11,17H,6-9,12H2,1-5H3. The Labute approximate surface area is 134 Å². The Morgan fingerprint density at radius 3 is 2.05 bits per heavy atom. The predicted octanol–water partition coefficient (Wildman–Crippen LogP) is 4.26. The smallest absolute Gasteiger partial charge is 0.224 e. The first-order chi connectivity index (χ1) is 10.4. The molecule has 0 aliphatic rings. The van der Waals surface area contributed by atoms with Crippen LogP contribution in [0.2, 0.25) is 0 Å². The highest BCUT2D eigenvalue weighted by Gasteiger charge is 2.22. The van der Waals surface area contributed by atoms with Gasteiger partial charge in [-0.05, 0) is 50.3 Å². The van der Waals surface area contributed by atoms with Crippen molar-refractivity contribution in [3.63, 3.8) is 0 Å². The van der Waals surface area contributed by atoms with E-state index >= 15 is 0 Å². The number of carbonyl (C=O) groups excluding carboxylic acids is 1. The lowest BCUT2D eigenvalue weighted by Crippen LogP contribution is -2.33. The molecule has 0 saturated carbocycles. The molecule has 3 nitrogen and oxygen atoms in total. The van der Waals surface area contributed by atoms with E-state index in [2.05, 4.69) is 39.0 Å². The highest BCUT2D eigenvalue weighted by molar-refractivity contribution is 5.77. The zero-order chi connectivity index (χ0) is 16.7. The molecule has 120 valence electrons. The summed E-state index contributed by atoms with van der Waals surface area (Å²) < 4.78 is 0. The van der Waals surface area contributed by atoms with Gasteiger partial charge in [0.15, 0.2) is 0 Å². The molecular weight excluding hydrogens is 272 g/mol. The minimum atomic E-state index is -0.357. The van der Waals surface area contributed by atoms with E-state index in [0.29, 0.717) is 0 Å². The number of nitriles is 1. The molecule has 0 N–H and O–H groups in total. The summed E-state index contributed by atoms with van der Waals surface area (Å²) >= 11 is 0. The maximum Gasteiger partial charge on any atom is 0.224 e. The Hall–Kier alpha value is -1.82. The highest BCUT2D eigenvalue weighted by atomic mass is 16.2. The molecule has 0 spiro atoms. The topological polar surface area (TPSA) is 44.1 Å². The second kappa shape index (κ2) is 8.58. The van der Waals surface area contributed by atoms with Crippen LogP contribution < -0.4 is 0 Å². The molecule has 1 aromatic carbocycles. The maximum absolute atomic E-state index is 12.5. The van der Waals surface area contributed by atoms with Gasteiger partial charge in [-0.15, -0.1) is 0 Å². The van der Waals surface area contributed by atoms with Crippen molar-refractivity contribution in [3.05, 3.63) is 34.4 Å². The van der Waals surface area contributed by atoms with Crippen molar-refractivity contribution in [1.29, 1.82) is 5.26 Å². The van der Waals surface area contributed by atoms with Gasteiger partial charge in [-0.3, -0.25) is 4.79 Å². The summed E-state index contributed by atoms with van der Waals surface area (Å²) in [6.07, 6.45) is 2.18. The second-order valence-electron chi connectivity index (χ2n) is 6.08. The molecule has 1 unspecified atom stereocenters. The summed E-state index contributed by atoms with van der Waals surface area (Å²) in [5.41, 5.74) is 4.43. The van der Waals surface area contributed by atoms with E-state index in [9.17, 15) is 10.1 Å². The van der Waals surface area contributed by atoms with Gasteiger partial charge in [0.25, 0.3) is 0 Å². The largest absolute Gasteiger partial charge is 0.343 e. The Morgan fingerprint density at radius 2 is 1.64 bits per heavy atom. The van der Waals surface area contributed by atoms with Crippen LogP contribution in [0.5, 0.6) is 0 Å². The van der Waals surface area contributed by atoms with Crippen molar-refractivity contribution in [1.82, 2.24) is 4.90 Å². The quantitative estimate of drug-likeness (QED) is 0.755. The number of amides is 1. The van der Waals surface area contributed by atoms with Gasteiger partial charge in [0.05, 0.1) is 12.0 Å². The van der Waals surface area contributed by atoms with E-state index in [1.165, 1.54) is 5.56 Å². The Bertz CT molecular complexity index is 528. The number of hydrogen-bond acceptors (Lipinski definition) is 2. The molecule has 22 heavy (non-hydrogen) atoms. The third-order valence-corrected chi connectivity index (χ3v) is 3.96. The molecule has 0 radical (unpaired) electrons. The molecule has 1 aromatic rings. The van der Waals surface area contributed by atoms with Crippen LogP contribution >= 0.6 is 0 Å². The first-order valence-corrected chi connectivity index (χ1v) is 8.19. The molecular formula is C19H28N2O. The SMILES string of the molecule is CCCN(CCC)C(=O)CC(C#N)c1c(C)cc(C)cc1C. The van der Waals surface area contributed by atoms with E-state index in [-0.39, 0.29) is 18.2 Å². The van der Waals surface area contributed by atoms with Crippen LogP contribution in [0.25, 0.3) is 0 Å². The molecule has 0 aromatic heterocycles. The molecule has 1 rings (SSSR count). The fourth-order valence-corrected chi connectivity index (χ4v) is 3.16. The van der Waals surface area contributed by atoms with Gasteiger partial charge in [0.2, 0.25) is 5.91 Å². The number of nitrogens with zero attached hydrogens (tertiary/aromatic N) is 2. The summed E-state index contributed by atoms with van der Waals surface area (Å²) in [7, 11) is 0. The van der Waals surface area contributed by atoms with Gasteiger partial charge in [-0.2, -0.15) is 5.26 Å². The third kappa shape index (κ3) is 4.59. The van der Waals surface area contributed by atoms with E-state index in [1.807, 2.05) is 18.7 Å². The molecule has 1 amide bonds. The summed E-state index contributed by atoms with van der Waals surface area (Å²) in [6.45, 7) is 11.8. The van der Waals surface area contributed by atoms with Crippen LogP contribution in [0.3, 0.4) is 0 Å². The van der Waals surface area contributed by atoms with Crippen LogP contribution in [0.15, 0.2) is 12.1 Å². The fraction of sp³-hybridized carbons (Fsp3) is 0.579. The first kappa shape index (κ1) is 18.2. The number of hydrogen-bond donors (Lipinski definition) is 0. The lowest BCUT2D eigenvalue weighted by Gasteiger charge is -2.24. The average Bonchev–Trinajstić information content (AvgIpc) is 2.44. The molecule has 0 bridgehead atoms. The van der Waals surface area contributed by atoms with Crippen molar-refractivity contribution in [2.24, 2.45) is 0 Å². The molecule has 0 saturated heterocycles. The van der Waals surface area contributed by atoms with Gasteiger partial charge < -0.3 is 4.90 Å². The number of carbonyl (C=O) groups is 1. The van der Waals surface area contributed by atoms with E-state index in [4.69, 9.17) is 0 Å². The van der Waals surface area contributed by atoms with Gasteiger partial charge in [-0.25, -0.2) is 0 Å². The number of aryl methyl sites for hydroxylation is 3. The maximum atomic E-state index is 12.5. The van der Waals surface area contributed by atoms with Crippen LogP contribution in [-0.2, 0) is 4.79 Å². The molecule has 0 heterocycles. The zero-order valence-corrected chi connectivity index (χ0v) is 14.6. The van der Waals surface area contributed by atoms with Gasteiger partial charge in [-0.1, -0.05) is 31.5 Å². The first-order valence-electron chi connectivity index (χ1n) is 8.19. The summed E-state index contributed by atoms with van der Waals surface area (Å²) in [4.78, 5) is 14.4. The fourth-order valence-electron chi connectivity index (χ4n) is 3.16. The van der Waals surface area contributed by atoms with Crippen molar-refractivity contribution in [3.8, 4) is 6.07 Å². The third-order valence-electron chi connectivity index (χ3n) is 3.96. The minimum Gasteiger partial charge on any atom is -0.343 e. The van der Waals surface area contributed by atoms with E-state index in [0.717, 1.165) is 42.6 Å². The van der Waals surface area contributed by atoms with E-state index in [1.54, 1.807) is 0 Å². The lowest BCUT2D eigenvalue weighted by molar-refractivity contribution is -0.131. The Balaban J connectivity index is 2.99. The minimum absolute atomic E-state index is 0.0922. The van der Waals surface area contributed by atoms with Crippen molar-refractivity contribution < 1.29 is 4.79 Å². The monoisotopic (exact) mass is 300 g/mol. The van der Waals surface area contributed by atoms with Crippen LogP contribution in [-0.4, -0.2) is 23.9 Å². The highest BCUT2D eigenvalue weighted by Crippen LogP contribution is 2.28. The lowest BCUT2D eigenvalue weighted by atomic mass is 9.88. The second-order valence-corrected chi connectivity index (χ2v) is 6.08. The van der Waals surface area contributed by atoms with E-state index < -0.39 is 0 Å². The zero-order valence-electron chi connectivity index (χ0n) is 14.6. The number of rotatable bonds is 7. The van der Waals surface area contributed by atoms with Crippen molar-refractivity contribution in [2.45, 2.75) is 59.8 Å². The van der Waals surface area contributed by atoms with Gasteiger partial charge in [0, 0.05) is 19.5 Å². The van der Waals surface area contributed by atoms with Crippen molar-refractivity contribution in [2.75, 3.05) is 13.1 Å². The van der Waals surface area contributed by atoms with Crippen LogP contribution in [0, 0.1) is 32.1 Å². The molecule has 0 fully saturated rings. The van der Waals surface area contributed by atoms with Crippen molar-refractivity contribution >= 4 is 5.91 Å². The van der Waals surface area contributed by atoms with Crippen LogP contribution in [0.1, 0.15) is 61.3 Å². The summed E-state index contributed by atoms with van der Waals surface area (Å²) in [5.74, 6) is -0.265. The normalized spacial score (nSPS) is 11.8. The van der Waals surface area contributed by atoms with Gasteiger partial charge in [0.1, 0.15) is 0 Å². The predicted molar refractivity (Wildman–Crippen MR) is 90.8 cm³/mol. The van der Waals surface area contributed by atoms with Crippen LogP contribution in [0.4, 0.5) is 0 Å². The Morgan fingerprint density at radius 1 is 1.14 bits per heavy atom. The summed E-state index contributed by atoms with van der Waals surface area (Å²) in [6, 6.07) is 6.52. The molecule has 1 atom stereocenters. The molecule has 0 aliphatic carbocycles. The molecule has 3 heteroatoms. The average molecular weight is 300 g/mol. The summed E-state index contributed by atoms with van der Waals surface area (Å²) in [5, 5.41) is 9.57. The molecule has 0 aliphatic heterocycles.